The van der Waals surface area contributed by atoms with Crippen molar-refractivity contribution in [1.29, 1.82) is 0 Å². The van der Waals surface area contributed by atoms with E-state index in [1.807, 2.05) is 35.8 Å². The number of anilines is 1. The van der Waals surface area contributed by atoms with Crippen LogP contribution in [0.25, 0.3) is 0 Å². The number of ether oxygens (including phenoxy) is 2. The van der Waals surface area contributed by atoms with E-state index in [-0.39, 0.29) is 0 Å². The van der Waals surface area contributed by atoms with Crippen molar-refractivity contribution in [2.24, 2.45) is 10.7 Å². The highest BCUT2D eigenvalue weighted by atomic mass is 32.1. The Morgan fingerprint density at radius 3 is 2.85 bits per heavy atom. The maximum atomic E-state index is 6.21. The van der Waals surface area contributed by atoms with Crippen molar-refractivity contribution < 1.29 is 9.47 Å². The van der Waals surface area contributed by atoms with Gasteiger partial charge in [-0.2, -0.15) is 0 Å². The Morgan fingerprint density at radius 1 is 1.26 bits per heavy atom. The van der Waals surface area contributed by atoms with Crippen LogP contribution in [0.15, 0.2) is 40.8 Å². The molecule has 0 radical (unpaired) electrons. The van der Waals surface area contributed by atoms with Crippen LogP contribution in [0, 0.1) is 0 Å². The van der Waals surface area contributed by atoms with E-state index in [2.05, 4.69) is 19.8 Å². The van der Waals surface area contributed by atoms with Crippen LogP contribution >= 0.6 is 11.3 Å². The SMILES string of the molecule is COCCCOc1cccc(CN=C(N)N2CCN(c3nccs3)CC2)c1. The maximum absolute atomic E-state index is 6.21. The smallest absolute Gasteiger partial charge is 0.191 e. The Morgan fingerprint density at radius 2 is 2.11 bits per heavy atom. The molecule has 1 aliphatic heterocycles. The molecule has 146 valence electrons. The standard InChI is InChI=1S/C19H27N5O2S/c1-25-11-3-12-26-17-5-2-4-16(14-17)15-22-18(20)23-7-9-24(10-8-23)19-21-6-13-27-19/h2,4-6,13-14H,3,7-12,15H2,1H3,(H2,20,22). The Balaban J connectivity index is 1.47. The summed E-state index contributed by atoms with van der Waals surface area (Å²) >= 11 is 1.67. The molecule has 0 unspecified atom stereocenters. The third kappa shape index (κ3) is 5.83. The quantitative estimate of drug-likeness (QED) is 0.424. The fourth-order valence-electron chi connectivity index (χ4n) is 2.90. The summed E-state index contributed by atoms with van der Waals surface area (Å²) in [6.07, 6.45) is 2.72. The number of rotatable bonds is 8. The molecule has 0 atom stereocenters. The molecule has 3 rings (SSSR count). The molecule has 27 heavy (non-hydrogen) atoms. The number of hydrogen-bond donors (Lipinski definition) is 1. The molecule has 2 N–H and O–H groups in total. The number of hydrogen-bond acceptors (Lipinski definition) is 6. The van der Waals surface area contributed by atoms with Crippen molar-refractivity contribution in [3.8, 4) is 5.75 Å². The molecule has 1 fully saturated rings. The molecule has 0 spiro atoms. The van der Waals surface area contributed by atoms with Crippen molar-refractivity contribution in [2.75, 3.05) is 51.4 Å². The van der Waals surface area contributed by atoms with E-state index in [4.69, 9.17) is 15.2 Å². The Bertz CT molecular complexity index is 715. The predicted molar refractivity (Wildman–Crippen MR) is 110 cm³/mol. The van der Waals surface area contributed by atoms with E-state index in [9.17, 15) is 0 Å². The molecule has 2 aromatic rings. The van der Waals surface area contributed by atoms with Gasteiger partial charge in [-0.3, -0.25) is 0 Å². The lowest BCUT2D eigenvalue weighted by Crippen LogP contribution is -2.51. The van der Waals surface area contributed by atoms with E-state index >= 15 is 0 Å². The van der Waals surface area contributed by atoms with Crippen LogP contribution in [0.1, 0.15) is 12.0 Å². The van der Waals surface area contributed by atoms with Crippen molar-refractivity contribution in [1.82, 2.24) is 9.88 Å². The number of guanidine groups is 1. The van der Waals surface area contributed by atoms with Gasteiger partial charge in [0.2, 0.25) is 0 Å². The lowest BCUT2D eigenvalue weighted by atomic mass is 10.2. The first-order chi connectivity index (χ1) is 13.3. The van der Waals surface area contributed by atoms with E-state index in [0.717, 1.165) is 49.0 Å². The summed E-state index contributed by atoms with van der Waals surface area (Å²) in [5, 5.41) is 3.08. The van der Waals surface area contributed by atoms with Crippen LogP contribution in [0.5, 0.6) is 5.75 Å². The van der Waals surface area contributed by atoms with Gasteiger partial charge in [0, 0.05) is 57.9 Å². The van der Waals surface area contributed by atoms with E-state index in [0.29, 0.717) is 25.7 Å². The van der Waals surface area contributed by atoms with Crippen LogP contribution < -0.4 is 15.4 Å². The number of thiazole rings is 1. The van der Waals surface area contributed by atoms with Crippen molar-refractivity contribution >= 4 is 22.4 Å². The molecule has 0 aliphatic carbocycles. The van der Waals surface area contributed by atoms with Crippen LogP contribution in [0.4, 0.5) is 5.13 Å². The first kappa shape index (κ1) is 19.4. The second-order valence-electron chi connectivity index (χ2n) is 6.31. The summed E-state index contributed by atoms with van der Waals surface area (Å²) in [4.78, 5) is 13.4. The Labute approximate surface area is 164 Å². The first-order valence-electron chi connectivity index (χ1n) is 9.16. The molecule has 0 saturated carbocycles. The lowest BCUT2D eigenvalue weighted by Gasteiger charge is -2.35. The summed E-state index contributed by atoms with van der Waals surface area (Å²) in [5.74, 6) is 1.45. The minimum Gasteiger partial charge on any atom is -0.493 e. The topological polar surface area (TPSA) is 76.2 Å². The van der Waals surface area contributed by atoms with Gasteiger partial charge in [0.1, 0.15) is 5.75 Å². The zero-order valence-electron chi connectivity index (χ0n) is 15.7. The number of nitrogens with zero attached hydrogens (tertiary/aromatic N) is 4. The third-order valence-electron chi connectivity index (χ3n) is 4.38. The normalized spacial score (nSPS) is 15.2. The van der Waals surface area contributed by atoms with Gasteiger partial charge in [-0.1, -0.05) is 12.1 Å². The molecule has 1 aromatic carbocycles. The number of piperazine rings is 1. The molecule has 2 heterocycles. The molecular weight excluding hydrogens is 362 g/mol. The average Bonchev–Trinajstić information content (AvgIpc) is 3.25. The number of aromatic nitrogens is 1. The highest BCUT2D eigenvalue weighted by Gasteiger charge is 2.19. The van der Waals surface area contributed by atoms with Crippen molar-refractivity contribution in [2.45, 2.75) is 13.0 Å². The molecule has 0 bridgehead atoms. The lowest BCUT2D eigenvalue weighted by molar-refractivity contribution is 0.172. The fraction of sp³-hybridized carbons (Fsp3) is 0.474. The number of benzene rings is 1. The summed E-state index contributed by atoms with van der Waals surface area (Å²) < 4.78 is 10.8. The summed E-state index contributed by atoms with van der Waals surface area (Å²) in [6.45, 7) is 5.44. The van der Waals surface area contributed by atoms with Gasteiger partial charge in [-0.25, -0.2) is 9.98 Å². The predicted octanol–water partition coefficient (Wildman–Crippen LogP) is 2.20. The molecular formula is C19H27N5O2S. The summed E-state index contributed by atoms with van der Waals surface area (Å²) in [5.41, 5.74) is 7.30. The molecule has 8 heteroatoms. The van der Waals surface area contributed by atoms with E-state index in [1.165, 1.54) is 0 Å². The second-order valence-corrected chi connectivity index (χ2v) is 7.18. The van der Waals surface area contributed by atoms with Crippen molar-refractivity contribution in [3.05, 3.63) is 41.4 Å². The second kappa shape index (κ2) is 10.1. The van der Waals surface area contributed by atoms with Gasteiger partial charge < -0.3 is 25.0 Å². The van der Waals surface area contributed by atoms with E-state index < -0.39 is 0 Å². The Hall–Kier alpha value is -2.32. The van der Waals surface area contributed by atoms with Crippen LogP contribution in [-0.2, 0) is 11.3 Å². The van der Waals surface area contributed by atoms with Gasteiger partial charge in [0.15, 0.2) is 11.1 Å². The fourth-order valence-corrected chi connectivity index (χ4v) is 3.59. The highest BCUT2D eigenvalue weighted by Crippen LogP contribution is 2.19. The zero-order chi connectivity index (χ0) is 18.9. The van der Waals surface area contributed by atoms with Crippen LogP contribution in [0.3, 0.4) is 0 Å². The van der Waals surface area contributed by atoms with Gasteiger partial charge in [0.05, 0.1) is 13.2 Å². The summed E-state index contributed by atoms with van der Waals surface area (Å²) in [7, 11) is 1.70. The Kier molecular flexibility index (Phi) is 7.29. The molecule has 1 aromatic heterocycles. The average molecular weight is 390 g/mol. The minimum atomic E-state index is 0.549. The molecule has 0 amide bonds. The van der Waals surface area contributed by atoms with Gasteiger partial charge in [0.25, 0.3) is 0 Å². The minimum absolute atomic E-state index is 0.549. The maximum Gasteiger partial charge on any atom is 0.191 e. The van der Waals surface area contributed by atoms with Gasteiger partial charge in [-0.15, -0.1) is 11.3 Å². The first-order valence-corrected chi connectivity index (χ1v) is 10.0. The number of nitrogens with two attached hydrogens (primary N) is 1. The largest absolute Gasteiger partial charge is 0.493 e. The monoisotopic (exact) mass is 389 g/mol. The van der Waals surface area contributed by atoms with Crippen LogP contribution in [0.2, 0.25) is 0 Å². The number of methoxy groups -OCH3 is 1. The van der Waals surface area contributed by atoms with Crippen molar-refractivity contribution in [3.63, 3.8) is 0 Å². The van der Waals surface area contributed by atoms with Gasteiger partial charge in [-0.05, 0) is 17.7 Å². The molecule has 1 saturated heterocycles. The molecule has 7 nitrogen and oxygen atoms in total. The van der Waals surface area contributed by atoms with Crippen LogP contribution in [-0.4, -0.2) is 62.3 Å². The van der Waals surface area contributed by atoms with E-state index in [1.54, 1.807) is 18.4 Å². The highest BCUT2D eigenvalue weighted by molar-refractivity contribution is 7.13. The summed E-state index contributed by atoms with van der Waals surface area (Å²) in [6, 6.07) is 8.00. The zero-order valence-corrected chi connectivity index (χ0v) is 16.5. The molecule has 1 aliphatic rings. The number of aliphatic imine (C=N–C) groups is 1. The van der Waals surface area contributed by atoms with Gasteiger partial charge >= 0.3 is 0 Å². The third-order valence-corrected chi connectivity index (χ3v) is 5.21.